The predicted molar refractivity (Wildman–Crippen MR) is 105 cm³/mol. The third kappa shape index (κ3) is 4.32. The van der Waals surface area contributed by atoms with E-state index in [1.807, 2.05) is 29.3 Å². The van der Waals surface area contributed by atoms with Crippen LogP contribution in [0.25, 0.3) is 0 Å². The van der Waals surface area contributed by atoms with E-state index in [2.05, 4.69) is 28.4 Å². The van der Waals surface area contributed by atoms with Gasteiger partial charge in [-0.2, -0.15) is 0 Å². The molecule has 0 spiro atoms. The molecule has 1 aromatic heterocycles. The monoisotopic (exact) mass is 361 g/mol. The Kier molecular flexibility index (Phi) is 6.18. The molecule has 0 aliphatic carbocycles. The van der Waals surface area contributed by atoms with Crippen molar-refractivity contribution in [1.29, 1.82) is 5.41 Å². The maximum Gasteiger partial charge on any atom is 0.140 e. The molecule has 0 fully saturated rings. The van der Waals surface area contributed by atoms with Gasteiger partial charge in [-0.05, 0) is 48.9 Å². The number of benzene rings is 1. The van der Waals surface area contributed by atoms with Crippen molar-refractivity contribution in [3.63, 3.8) is 0 Å². The number of fused-ring (bicyclic) bond motifs is 1. The fourth-order valence-corrected chi connectivity index (χ4v) is 4.46. The average molecular weight is 362 g/mol. The summed E-state index contributed by atoms with van der Waals surface area (Å²) in [5.74, 6) is 1.56. The second kappa shape index (κ2) is 8.55. The average Bonchev–Trinajstić information content (AvgIpc) is 3.14. The van der Waals surface area contributed by atoms with Gasteiger partial charge in [-0.25, -0.2) is 0 Å². The van der Waals surface area contributed by atoms with Gasteiger partial charge in [0, 0.05) is 36.0 Å². The third-order valence-corrected chi connectivity index (χ3v) is 5.97. The molecule has 1 aliphatic heterocycles. The zero-order valence-corrected chi connectivity index (χ0v) is 15.3. The summed E-state index contributed by atoms with van der Waals surface area (Å²) in [4.78, 5) is 4.70. The van der Waals surface area contributed by atoms with Gasteiger partial charge in [0.25, 0.3) is 0 Å². The molecule has 4 nitrogen and oxygen atoms in total. The second-order valence-electron chi connectivity index (χ2n) is 5.78. The molecule has 24 heavy (non-hydrogen) atoms. The van der Waals surface area contributed by atoms with E-state index in [-0.39, 0.29) is 6.61 Å². The van der Waals surface area contributed by atoms with E-state index in [1.165, 1.54) is 10.6 Å². The number of unbranched alkanes of at least 4 members (excludes halogenated alkanes) is 2. The fourth-order valence-electron chi connectivity index (χ4n) is 2.80. The Morgan fingerprint density at radius 1 is 1.25 bits per heavy atom. The summed E-state index contributed by atoms with van der Waals surface area (Å²) in [5, 5.41) is 22.3. The van der Waals surface area contributed by atoms with E-state index >= 15 is 0 Å². The number of aliphatic hydroxyl groups is 1. The maximum absolute atomic E-state index is 8.92. The number of hydrogen-bond acceptors (Lipinski definition) is 5. The Morgan fingerprint density at radius 3 is 2.96 bits per heavy atom. The number of thiophene rings is 1. The Bertz CT molecular complexity index is 673. The van der Waals surface area contributed by atoms with Crippen LogP contribution in [0.4, 0.5) is 11.4 Å². The van der Waals surface area contributed by atoms with Crippen LogP contribution < -0.4 is 10.2 Å². The van der Waals surface area contributed by atoms with Gasteiger partial charge in [0.05, 0.1) is 10.6 Å². The van der Waals surface area contributed by atoms with Crippen molar-refractivity contribution in [3.05, 3.63) is 40.6 Å². The summed E-state index contributed by atoms with van der Waals surface area (Å²) >= 11 is 3.47. The number of nitrogens with one attached hydrogen (secondary N) is 2. The first-order valence-electron chi connectivity index (χ1n) is 8.30. The van der Waals surface area contributed by atoms with Crippen LogP contribution in [0.1, 0.15) is 24.1 Å². The summed E-state index contributed by atoms with van der Waals surface area (Å²) in [6.45, 7) is 2.37. The Morgan fingerprint density at radius 2 is 2.17 bits per heavy atom. The SMILES string of the molecule is N=C(Nc1ccc2c(c1)N(CCCCCO)CCS2)c1cccs1. The van der Waals surface area contributed by atoms with Gasteiger partial charge < -0.3 is 15.3 Å². The minimum atomic E-state index is 0.283. The number of thioether (sulfide) groups is 1. The van der Waals surface area contributed by atoms with Crippen LogP contribution in [0.2, 0.25) is 0 Å². The molecule has 2 aromatic rings. The second-order valence-corrected chi connectivity index (χ2v) is 7.86. The highest BCUT2D eigenvalue weighted by Crippen LogP contribution is 2.37. The maximum atomic E-state index is 8.92. The lowest BCUT2D eigenvalue weighted by molar-refractivity contribution is 0.283. The first-order valence-corrected chi connectivity index (χ1v) is 10.2. The zero-order valence-electron chi connectivity index (χ0n) is 13.6. The van der Waals surface area contributed by atoms with Gasteiger partial charge in [0.1, 0.15) is 5.84 Å². The Balaban J connectivity index is 1.69. The smallest absolute Gasteiger partial charge is 0.140 e. The molecule has 0 radical (unpaired) electrons. The molecule has 6 heteroatoms. The lowest BCUT2D eigenvalue weighted by Gasteiger charge is -2.31. The van der Waals surface area contributed by atoms with Gasteiger partial charge in [-0.1, -0.05) is 6.07 Å². The molecule has 0 atom stereocenters. The van der Waals surface area contributed by atoms with Crippen molar-refractivity contribution in [2.75, 3.05) is 35.7 Å². The summed E-state index contributed by atoms with van der Waals surface area (Å²) in [5.41, 5.74) is 2.23. The normalized spacial score (nSPS) is 13.6. The van der Waals surface area contributed by atoms with E-state index in [9.17, 15) is 0 Å². The summed E-state index contributed by atoms with van der Waals surface area (Å²) < 4.78 is 0. The van der Waals surface area contributed by atoms with E-state index < -0.39 is 0 Å². The van der Waals surface area contributed by atoms with Crippen LogP contribution >= 0.6 is 23.1 Å². The van der Waals surface area contributed by atoms with Crippen LogP contribution in [0.3, 0.4) is 0 Å². The molecule has 3 rings (SSSR count). The molecule has 0 saturated heterocycles. The number of rotatable bonds is 7. The molecule has 3 N–H and O–H groups in total. The summed E-state index contributed by atoms with van der Waals surface area (Å²) in [6, 6.07) is 10.3. The molecule has 128 valence electrons. The van der Waals surface area contributed by atoms with Crippen molar-refractivity contribution < 1.29 is 5.11 Å². The molecule has 1 aliphatic rings. The highest BCUT2D eigenvalue weighted by atomic mass is 32.2. The van der Waals surface area contributed by atoms with Gasteiger partial charge in [0.15, 0.2) is 0 Å². The number of nitrogens with zero attached hydrogens (tertiary/aromatic N) is 1. The molecular formula is C18H23N3OS2. The van der Waals surface area contributed by atoms with Crippen LogP contribution in [0.15, 0.2) is 40.6 Å². The van der Waals surface area contributed by atoms with Gasteiger partial charge in [-0.3, -0.25) is 5.41 Å². The fraction of sp³-hybridized carbons (Fsp3) is 0.389. The summed E-state index contributed by atoms with van der Waals surface area (Å²) in [6.07, 6.45) is 3.05. The quantitative estimate of drug-likeness (QED) is 0.392. The number of anilines is 2. The van der Waals surface area contributed by atoms with E-state index in [0.717, 1.165) is 48.7 Å². The largest absolute Gasteiger partial charge is 0.396 e. The van der Waals surface area contributed by atoms with Crippen molar-refractivity contribution >= 4 is 40.3 Å². The molecular weight excluding hydrogens is 338 g/mol. The minimum absolute atomic E-state index is 0.283. The van der Waals surface area contributed by atoms with Crippen molar-refractivity contribution in [1.82, 2.24) is 0 Å². The molecule has 0 bridgehead atoms. The van der Waals surface area contributed by atoms with Gasteiger partial charge in [-0.15, -0.1) is 23.1 Å². The topological polar surface area (TPSA) is 59.4 Å². The number of aliphatic hydroxyl groups excluding tert-OH is 1. The first kappa shape index (κ1) is 17.3. The van der Waals surface area contributed by atoms with E-state index in [1.54, 1.807) is 11.3 Å². The van der Waals surface area contributed by atoms with E-state index in [4.69, 9.17) is 10.5 Å². The number of amidine groups is 1. The number of hydrogen-bond donors (Lipinski definition) is 3. The predicted octanol–water partition coefficient (Wildman–Crippen LogP) is 4.26. The van der Waals surface area contributed by atoms with Crippen molar-refractivity contribution in [2.45, 2.75) is 24.2 Å². The van der Waals surface area contributed by atoms with Crippen LogP contribution in [0.5, 0.6) is 0 Å². The lowest BCUT2D eigenvalue weighted by atomic mass is 10.2. The van der Waals surface area contributed by atoms with Crippen molar-refractivity contribution in [2.24, 2.45) is 0 Å². The molecule has 2 heterocycles. The zero-order chi connectivity index (χ0) is 16.8. The van der Waals surface area contributed by atoms with Crippen LogP contribution in [-0.2, 0) is 0 Å². The van der Waals surface area contributed by atoms with Crippen LogP contribution in [-0.4, -0.2) is 36.4 Å². The van der Waals surface area contributed by atoms with E-state index in [0.29, 0.717) is 5.84 Å². The standard InChI is InChI=1S/C18H23N3OS2/c19-18(17-5-4-11-23-17)20-14-6-7-16-15(13-14)21(9-12-24-16)8-2-1-3-10-22/h4-7,11,13,22H,1-3,8-10,12H2,(H2,19,20). The summed E-state index contributed by atoms with van der Waals surface area (Å²) in [7, 11) is 0. The van der Waals surface area contributed by atoms with Crippen LogP contribution in [0, 0.1) is 5.41 Å². The van der Waals surface area contributed by atoms with Crippen molar-refractivity contribution in [3.8, 4) is 0 Å². The minimum Gasteiger partial charge on any atom is -0.396 e. The highest BCUT2D eigenvalue weighted by molar-refractivity contribution is 7.99. The molecule has 1 aromatic carbocycles. The third-order valence-electron chi connectivity index (χ3n) is 4.04. The Labute approximate surface area is 151 Å². The molecule has 0 saturated carbocycles. The first-order chi connectivity index (χ1) is 11.8. The van der Waals surface area contributed by atoms with Gasteiger partial charge >= 0.3 is 0 Å². The molecule has 0 amide bonds. The Hall–Kier alpha value is -1.50. The highest BCUT2D eigenvalue weighted by Gasteiger charge is 2.17. The van der Waals surface area contributed by atoms with Gasteiger partial charge in [0.2, 0.25) is 0 Å². The lowest BCUT2D eigenvalue weighted by Crippen LogP contribution is -2.30. The molecule has 0 unspecified atom stereocenters.